The van der Waals surface area contributed by atoms with Crippen molar-refractivity contribution >= 4 is 34.6 Å². The summed E-state index contributed by atoms with van der Waals surface area (Å²) in [5.41, 5.74) is 1.34. The van der Waals surface area contributed by atoms with E-state index in [4.69, 9.17) is 0 Å². The largest absolute Gasteiger partial charge is 0.333 e. The molecule has 3 amide bonds. The van der Waals surface area contributed by atoms with Gasteiger partial charge in [0, 0.05) is 29.4 Å². The highest BCUT2D eigenvalue weighted by Crippen LogP contribution is 2.14. The lowest BCUT2D eigenvalue weighted by atomic mass is 10.3. The van der Waals surface area contributed by atoms with Gasteiger partial charge in [0.05, 0.1) is 11.6 Å². The molecule has 3 N–H and O–H groups in total. The number of aryl methyl sites for hydroxylation is 1. The van der Waals surface area contributed by atoms with Crippen LogP contribution in [0.25, 0.3) is 0 Å². The molecule has 0 aliphatic carbocycles. The number of benzene rings is 1. The van der Waals surface area contributed by atoms with E-state index >= 15 is 0 Å². The third-order valence-corrected chi connectivity index (χ3v) is 3.47. The first-order valence-corrected chi connectivity index (χ1v) is 7.18. The highest BCUT2D eigenvalue weighted by atomic mass is 32.1. The summed E-state index contributed by atoms with van der Waals surface area (Å²) in [5.74, 6) is -0.131. The highest BCUT2D eigenvalue weighted by molar-refractivity contribution is 7.11. The molecule has 1 aromatic carbocycles. The number of amides is 3. The van der Waals surface area contributed by atoms with Crippen molar-refractivity contribution in [2.75, 3.05) is 10.6 Å². The Balaban J connectivity index is 1.83. The lowest BCUT2D eigenvalue weighted by Gasteiger charge is -2.07. The van der Waals surface area contributed by atoms with Gasteiger partial charge in [0.2, 0.25) is 5.91 Å². The molecule has 0 saturated heterocycles. The molecule has 21 heavy (non-hydrogen) atoms. The summed E-state index contributed by atoms with van der Waals surface area (Å²) in [6.45, 7) is 3.81. The number of nitrogens with one attached hydrogen (secondary N) is 3. The summed E-state index contributed by atoms with van der Waals surface area (Å²) >= 11 is 1.55. The molecule has 0 unspecified atom stereocenters. The van der Waals surface area contributed by atoms with E-state index in [1.807, 2.05) is 6.92 Å². The molecule has 2 aromatic rings. The summed E-state index contributed by atoms with van der Waals surface area (Å²) in [7, 11) is 0. The van der Waals surface area contributed by atoms with Crippen molar-refractivity contribution in [2.24, 2.45) is 0 Å². The van der Waals surface area contributed by atoms with E-state index in [-0.39, 0.29) is 11.9 Å². The highest BCUT2D eigenvalue weighted by Gasteiger charge is 2.04. The van der Waals surface area contributed by atoms with Gasteiger partial charge in [-0.05, 0) is 31.2 Å². The molecular formula is C14H16N4O2S. The topological polar surface area (TPSA) is 83.1 Å². The number of nitrogens with zero attached hydrogens (tertiary/aromatic N) is 1. The van der Waals surface area contributed by atoms with Gasteiger partial charge in [-0.15, -0.1) is 11.3 Å². The first-order chi connectivity index (χ1) is 10.0. The van der Waals surface area contributed by atoms with Crippen LogP contribution in [0.1, 0.15) is 16.8 Å². The molecule has 0 spiro atoms. The number of urea groups is 1. The van der Waals surface area contributed by atoms with E-state index in [1.165, 1.54) is 6.92 Å². The van der Waals surface area contributed by atoms with E-state index in [0.717, 1.165) is 9.88 Å². The summed E-state index contributed by atoms with van der Waals surface area (Å²) in [5, 5.41) is 9.11. The average molecular weight is 304 g/mol. The van der Waals surface area contributed by atoms with Crippen LogP contribution in [0.3, 0.4) is 0 Å². The Morgan fingerprint density at radius 3 is 2.29 bits per heavy atom. The SMILES string of the molecule is CC(=O)Nc1ccc(NC(=O)NCc2cnc(C)s2)cc1. The molecule has 7 heteroatoms. The molecule has 0 aliphatic rings. The van der Waals surface area contributed by atoms with Crippen molar-refractivity contribution in [3.05, 3.63) is 40.3 Å². The van der Waals surface area contributed by atoms with E-state index in [1.54, 1.807) is 41.8 Å². The third-order valence-electron chi connectivity index (χ3n) is 2.56. The number of thiazole rings is 1. The minimum absolute atomic E-state index is 0.131. The van der Waals surface area contributed by atoms with Crippen LogP contribution in [0.15, 0.2) is 30.5 Å². The Morgan fingerprint density at radius 2 is 1.76 bits per heavy atom. The molecule has 0 saturated carbocycles. The average Bonchev–Trinajstić information content (AvgIpc) is 2.84. The van der Waals surface area contributed by atoms with Crippen LogP contribution in [0, 0.1) is 6.92 Å². The van der Waals surface area contributed by atoms with Crippen LogP contribution in [-0.2, 0) is 11.3 Å². The molecule has 1 heterocycles. The van der Waals surface area contributed by atoms with E-state index < -0.39 is 0 Å². The number of aromatic nitrogens is 1. The van der Waals surface area contributed by atoms with Gasteiger partial charge in [-0.1, -0.05) is 0 Å². The van der Waals surface area contributed by atoms with Crippen LogP contribution in [-0.4, -0.2) is 16.9 Å². The van der Waals surface area contributed by atoms with Crippen molar-refractivity contribution in [1.29, 1.82) is 0 Å². The van der Waals surface area contributed by atoms with Gasteiger partial charge in [-0.3, -0.25) is 4.79 Å². The Bertz CT molecular complexity index is 637. The normalized spacial score (nSPS) is 10.0. The fourth-order valence-electron chi connectivity index (χ4n) is 1.67. The monoisotopic (exact) mass is 304 g/mol. The van der Waals surface area contributed by atoms with Crippen molar-refractivity contribution in [3.8, 4) is 0 Å². The lowest BCUT2D eigenvalue weighted by Crippen LogP contribution is -2.27. The minimum atomic E-state index is -0.284. The number of carbonyl (C=O) groups excluding carboxylic acids is 2. The summed E-state index contributed by atoms with van der Waals surface area (Å²) < 4.78 is 0. The first-order valence-electron chi connectivity index (χ1n) is 6.37. The standard InChI is InChI=1S/C14H16N4O2S/c1-9(19)17-11-3-5-12(6-4-11)18-14(20)16-8-13-7-15-10(2)21-13/h3-7H,8H2,1-2H3,(H,17,19)(H2,16,18,20). The van der Waals surface area contributed by atoms with E-state index in [2.05, 4.69) is 20.9 Å². The van der Waals surface area contributed by atoms with Crippen molar-refractivity contribution in [3.63, 3.8) is 0 Å². The Labute approximate surface area is 126 Å². The number of anilines is 2. The smallest absolute Gasteiger partial charge is 0.319 e. The Kier molecular flexibility index (Phi) is 4.89. The molecule has 0 aliphatic heterocycles. The van der Waals surface area contributed by atoms with Gasteiger partial charge in [0.25, 0.3) is 0 Å². The Hall–Kier alpha value is -2.41. The summed E-state index contributed by atoms with van der Waals surface area (Å²) in [6, 6.07) is 6.62. The quantitative estimate of drug-likeness (QED) is 0.812. The van der Waals surface area contributed by atoms with E-state index in [0.29, 0.717) is 17.9 Å². The van der Waals surface area contributed by atoms with Crippen LogP contribution in [0.2, 0.25) is 0 Å². The molecule has 110 valence electrons. The summed E-state index contributed by atoms with van der Waals surface area (Å²) in [4.78, 5) is 27.8. The number of hydrogen-bond acceptors (Lipinski definition) is 4. The molecule has 0 radical (unpaired) electrons. The van der Waals surface area contributed by atoms with Crippen LogP contribution >= 0.6 is 11.3 Å². The predicted molar refractivity (Wildman–Crippen MR) is 83.5 cm³/mol. The Morgan fingerprint density at radius 1 is 1.14 bits per heavy atom. The number of rotatable bonds is 4. The second-order valence-corrected chi connectivity index (χ2v) is 5.73. The predicted octanol–water partition coefficient (Wildman–Crippen LogP) is 2.73. The molecular weight excluding hydrogens is 288 g/mol. The van der Waals surface area contributed by atoms with Crippen molar-refractivity contribution in [2.45, 2.75) is 20.4 Å². The zero-order valence-electron chi connectivity index (χ0n) is 11.8. The second-order valence-electron chi connectivity index (χ2n) is 4.41. The van der Waals surface area contributed by atoms with Gasteiger partial charge in [-0.2, -0.15) is 0 Å². The number of carbonyl (C=O) groups is 2. The maximum Gasteiger partial charge on any atom is 0.319 e. The van der Waals surface area contributed by atoms with Gasteiger partial charge in [0.15, 0.2) is 0 Å². The zero-order valence-corrected chi connectivity index (χ0v) is 12.6. The molecule has 2 rings (SSSR count). The van der Waals surface area contributed by atoms with Crippen LogP contribution in [0.4, 0.5) is 16.2 Å². The summed E-state index contributed by atoms with van der Waals surface area (Å²) in [6.07, 6.45) is 1.75. The maximum atomic E-state index is 11.7. The van der Waals surface area contributed by atoms with Crippen molar-refractivity contribution < 1.29 is 9.59 Å². The van der Waals surface area contributed by atoms with Gasteiger partial charge < -0.3 is 16.0 Å². The van der Waals surface area contributed by atoms with Gasteiger partial charge in [0.1, 0.15) is 0 Å². The molecule has 1 aromatic heterocycles. The minimum Gasteiger partial charge on any atom is -0.333 e. The van der Waals surface area contributed by atoms with Crippen molar-refractivity contribution in [1.82, 2.24) is 10.3 Å². The van der Waals surface area contributed by atoms with E-state index in [9.17, 15) is 9.59 Å². The molecule has 6 nitrogen and oxygen atoms in total. The fourth-order valence-corrected chi connectivity index (χ4v) is 2.40. The van der Waals surface area contributed by atoms with Crippen LogP contribution in [0.5, 0.6) is 0 Å². The van der Waals surface area contributed by atoms with Crippen LogP contribution < -0.4 is 16.0 Å². The molecule has 0 bridgehead atoms. The van der Waals surface area contributed by atoms with Gasteiger partial charge >= 0.3 is 6.03 Å². The second kappa shape index (κ2) is 6.85. The fraction of sp³-hybridized carbons (Fsp3) is 0.214. The molecule has 0 atom stereocenters. The lowest BCUT2D eigenvalue weighted by molar-refractivity contribution is -0.114. The number of hydrogen-bond donors (Lipinski definition) is 3. The maximum absolute atomic E-state index is 11.7. The zero-order chi connectivity index (χ0) is 15.2. The van der Waals surface area contributed by atoms with Gasteiger partial charge in [-0.25, -0.2) is 9.78 Å². The third kappa shape index (κ3) is 4.88. The molecule has 0 fully saturated rings. The first kappa shape index (κ1) is 15.0.